The minimum absolute atomic E-state index is 0.375. The molecular weight excluding hydrogens is 332 g/mol. The van der Waals surface area contributed by atoms with Gasteiger partial charge in [-0.1, -0.05) is 30.7 Å². The van der Waals surface area contributed by atoms with E-state index in [0.717, 1.165) is 19.5 Å². The van der Waals surface area contributed by atoms with Gasteiger partial charge in [0.15, 0.2) is 0 Å². The highest BCUT2D eigenvalue weighted by atomic mass is 16.2. The largest absolute Gasteiger partial charge is 0.342 e. The quantitative estimate of drug-likeness (QED) is 0.717. The molecule has 1 spiro atoms. The van der Waals surface area contributed by atoms with Crippen molar-refractivity contribution in [2.75, 3.05) is 32.7 Å². The van der Waals surface area contributed by atoms with Crippen LogP contribution >= 0.6 is 0 Å². The summed E-state index contributed by atoms with van der Waals surface area (Å²) in [4.78, 5) is 17.7. The second-order valence-corrected chi connectivity index (χ2v) is 9.31. The van der Waals surface area contributed by atoms with Gasteiger partial charge in [0.2, 0.25) is 5.91 Å². The van der Waals surface area contributed by atoms with Crippen LogP contribution in [0.4, 0.5) is 0 Å². The van der Waals surface area contributed by atoms with Crippen LogP contribution in [0.15, 0.2) is 24.3 Å². The molecule has 3 fully saturated rings. The smallest absolute Gasteiger partial charge is 0.226 e. The Balaban J connectivity index is 1.20. The lowest BCUT2D eigenvalue weighted by atomic mass is 9.79. The van der Waals surface area contributed by atoms with Gasteiger partial charge in [0.1, 0.15) is 0 Å². The van der Waals surface area contributed by atoms with E-state index < -0.39 is 0 Å². The highest BCUT2D eigenvalue weighted by molar-refractivity contribution is 5.83. The topological polar surface area (TPSA) is 23.6 Å². The van der Waals surface area contributed by atoms with Crippen LogP contribution in [0, 0.1) is 24.2 Å². The summed E-state index contributed by atoms with van der Waals surface area (Å²) in [6.45, 7) is 9.80. The molecular formula is C24H36N2O. The number of nitrogens with zero attached hydrogens (tertiary/aromatic N) is 2. The monoisotopic (exact) mass is 368 g/mol. The Morgan fingerprint density at radius 2 is 1.96 bits per heavy atom. The number of carbonyl (C=O) groups excluding carboxylic acids is 1. The standard InChI is InChI=1S/C24H36N2O/c1-3-26(23(27)22-17-24(22)12-6-13-24)18-20-9-14-25(15-10-20)16-11-21-8-5-4-7-19(21)2/h4-5,7-8,20,22H,3,6,9-18H2,1-2H3/t22-/m0/s1. The molecule has 0 unspecified atom stereocenters. The number of amides is 1. The van der Waals surface area contributed by atoms with Crippen molar-refractivity contribution in [1.29, 1.82) is 0 Å². The van der Waals surface area contributed by atoms with E-state index in [9.17, 15) is 4.79 Å². The molecule has 1 amide bonds. The van der Waals surface area contributed by atoms with Crippen molar-refractivity contribution in [3.05, 3.63) is 35.4 Å². The van der Waals surface area contributed by atoms with E-state index in [2.05, 4.69) is 47.9 Å². The summed E-state index contributed by atoms with van der Waals surface area (Å²) in [6, 6.07) is 8.75. The van der Waals surface area contributed by atoms with E-state index in [4.69, 9.17) is 0 Å². The van der Waals surface area contributed by atoms with Gasteiger partial charge in [-0.25, -0.2) is 0 Å². The Morgan fingerprint density at radius 3 is 2.56 bits per heavy atom. The fraction of sp³-hybridized carbons (Fsp3) is 0.708. The third kappa shape index (κ3) is 4.08. The number of likely N-dealkylation sites (tertiary alicyclic amines) is 1. The van der Waals surface area contributed by atoms with Crippen LogP contribution in [0.5, 0.6) is 0 Å². The summed E-state index contributed by atoms with van der Waals surface area (Å²) in [5.41, 5.74) is 3.36. The van der Waals surface area contributed by atoms with Crippen molar-refractivity contribution in [3.63, 3.8) is 0 Å². The molecule has 1 aromatic carbocycles. The normalized spacial score (nSPS) is 24.6. The zero-order valence-electron chi connectivity index (χ0n) is 17.3. The minimum atomic E-state index is 0.375. The molecule has 1 aliphatic heterocycles. The van der Waals surface area contributed by atoms with Gasteiger partial charge in [0, 0.05) is 25.6 Å². The van der Waals surface area contributed by atoms with Crippen molar-refractivity contribution in [3.8, 4) is 0 Å². The Morgan fingerprint density at radius 1 is 1.22 bits per heavy atom. The first-order chi connectivity index (χ1) is 13.1. The van der Waals surface area contributed by atoms with Crippen LogP contribution in [-0.4, -0.2) is 48.4 Å². The zero-order valence-corrected chi connectivity index (χ0v) is 17.3. The highest BCUT2D eigenvalue weighted by Crippen LogP contribution is 2.65. The van der Waals surface area contributed by atoms with E-state index in [1.165, 1.54) is 69.3 Å². The van der Waals surface area contributed by atoms with Gasteiger partial charge in [-0.05, 0) is 87.9 Å². The maximum Gasteiger partial charge on any atom is 0.226 e. The molecule has 0 radical (unpaired) electrons. The van der Waals surface area contributed by atoms with Crippen molar-refractivity contribution in [1.82, 2.24) is 9.80 Å². The summed E-state index contributed by atoms with van der Waals surface area (Å²) >= 11 is 0. The molecule has 4 rings (SSSR count). The van der Waals surface area contributed by atoms with Crippen LogP contribution < -0.4 is 0 Å². The van der Waals surface area contributed by atoms with Gasteiger partial charge in [0.25, 0.3) is 0 Å². The molecule has 148 valence electrons. The molecule has 0 bridgehead atoms. The van der Waals surface area contributed by atoms with Gasteiger partial charge in [-0.15, -0.1) is 0 Å². The van der Waals surface area contributed by atoms with E-state index in [1.54, 1.807) is 0 Å². The second-order valence-electron chi connectivity index (χ2n) is 9.31. The minimum Gasteiger partial charge on any atom is -0.342 e. The Bertz CT molecular complexity index is 658. The SMILES string of the molecule is CCN(CC1CCN(CCc2ccccc2C)CC1)C(=O)[C@@H]1CC12CCC2. The van der Waals surface area contributed by atoms with E-state index in [1.807, 2.05) is 0 Å². The Kier molecular flexibility index (Phi) is 5.59. The molecule has 27 heavy (non-hydrogen) atoms. The molecule has 2 saturated carbocycles. The molecule has 1 atom stereocenters. The number of carbonyl (C=O) groups is 1. The molecule has 2 aliphatic carbocycles. The van der Waals surface area contributed by atoms with Crippen LogP contribution in [0.1, 0.15) is 56.6 Å². The van der Waals surface area contributed by atoms with Crippen LogP contribution in [0.25, 0.3) is 0 Å². The third-order valence-electron chi connectivity index (χ3n) is 7.67. The molecule has 3 nitrogen and oxygen atoms in total. The third-order valence-corrected chi connectivity index (χ3v) is 7.67. The number of rotatable bonds is 7. The first kappa shape index (κ1) is 19.0. The number of benzene rings is 1. The van der Waals surface area contributed by atoms with Crippen LogP contribution in [0.2, 0.25) is 0 Å². The average molecular weight is 369 g/mol. The summed E-state index contributed by atoms with van der Waals surface area (Å²) < 4.78 is 0. The number of hydrogen-bond acceptors (Lipinski definition) is 2. The van der Waals surface area contributed by atoms with Gasteiger partial charge in [-0.3, -0.25) is 4.79 Å². The van der Waals surface area contributed by atoms with Crippen LogP contribution in [-0.2, 0) is 11.2 Å². The summed E-state index contributed by atoms with van der Waals surface area (Å²) in [7, 11) is 0. The molecule has 3 heteroatoms. The molecule has 3 aliphatic rings. The van der Waals surface area contributed by atoms with E-state index in [0.29, 0.717) is 23.2 Å². The first-order valence-corrected chi connectivity index (χ1v) is 11.2. The summed E-state index contributed by atoms with van der Waals surface area (Å²) in [5, 5.41) is 0. The molecule has 0 N–H and O–H groups in total. The van der Waals surface area contributed by atoms with Gasteiger partial charge in [-0.2, -0.15) is 0 Å². The van der Waals surface area contributed by atoms with Gasteiger partial charge in [0.05, 0.1) is 0 Å². The molecule has 0 aromatic heterocycles. The lowest BCUT2D eigenvalue weighted by Crippen LogP contribution is -2.42. The lowest BCUT2D eigenvalue weighted by molar-refractivity contribution is -0.134. The highest BCUT2D eigenvalue weighted by Gasteiger charge is 2.61. The number of aryl methyl sites for hydroxylation is 1. The number of piperidine rings is 1. The molecule has 1 saturated heterocycles. The van der Waals surface area contributed by atoms with Crippen molar-refractivity contribution in [2.45, 2.75) is 58.8 Å². The van der Waals surface area contributed by atoms with Crippen molar-refractivity contribution in [2.24, 2.45) is 17.3 Å². The average Bonchev–Trinajstić information content (AvgIpc) is 3.43. The summed E-state index contributed by atoms with van der Waals surface area (Å²) in [6.07, 6.45) is 8.78. The Hall–Kier alpha value is -1.35. The second kappa shape index (κ2) is 7.95. The number of hydrogen-bond donors (Lipinski definition) is 0. The maximum absolute atomic E-state index is 12.9. The maximum atomic E-state index is 12.9. The predicted octanol–water partition coefficient (Wildman–Crippen LogP) is 4.29. The molecule has 1 aromatic rings. The van der Waals surface area contributed by atoms with Crippen molar-refractivity contribution >= 4 is 5.91 Å². The zero-order chi connectivity index (χ0) is 18.9. The molecule has 1 heterocycles. The predicted molar refractivity (Wildman–Crippen MR) is 111 cm³/mol. The fourth-order valence-corrected chi connectivity index (χ4v) is 5.35. The van der Waals surface area contributed by atoms with Gasteiger partial charge >= 0.3 is 0 Å². The van der Waals surface area contributed by atoms with Crippen LogP contribution in [0.3, 0.4) is 0 Å². The van der Waals surface area contributed by atoms with Gasteiger partial charge < -0.3 is 9.80 Å². The summed E-state index contributed by atoms with van der Waals surface area (Å²) in [5.74, 6) is 1.54. The first-order valence-electron chi connectivity index (χ1n) is 11.2. The van der Waals surface area contributed by atoms with E-state index in [-0.39, 0.29) is 0 Å². The Labute approximate surface area is 165 Å². The van der Waals surface area contributed by atoms with Crippen molar-refractivity contribution < 1.29 is 4.79 Å². The lowest BCUT2D eigenvalue weighted by Gasteiger charge is -2.35. The fourth-order valence-electron chi connectivity index (χ4n) is 5.35. The van der Waals surface area contributed by atoms with E-state index >= 15 is 0 Å².